The van der Waals surface area contributed by atoms with E-state index in [9.17, 15) is 0 Å². The van der Waals surface area contributed by atoms with Gasteiger partial charge in [-0.2, -0.15) is 0 Å². The summed E-state index contributed by atoms with van der Waals surface area (Å²) >= 11 is 3.22. The van der Waals surface area contributed by atoms with Gasteiger partial charge < -0.3 is 0 Å². The predicted molar refractivity (Wildman–Crippen MR) is 39.2 cm³/mol. The number of halogens is 1. The number of hydrogen-bond acceptors (Lipinski definition) is 2. The van der Waals surface area contributed by atoms with Crippen LogP contribution in [0.25, 0.3) is 0 Å². The lowest BCUT2D eigenvalue weighted by molar-refractivity contribution is 0.755. The molecular weight excluding hydrogens is 168 g/mol. The second kappa shape index (κ2) is 2.40. The number of nitrogens with zero attached hydrogens (tertiary/aromatic N) is 2. The summed E-state index contributed by atoms with van der Waals surface area (Å²) in [7, 11) is 0. The minimum atomic E-state index is 0.372. The average molecular weight is 175 g/mol. The van der Waals surface area contributed by atoms with Crippen LogP contribution in [-0.4, -0.2) is 23.4 Å². The summed E-state index contributed by atoms with van der Waals surface area (Å²) in [4.78, 5) is 8.20. The van der Waals surface area contributed by atoms with Crippen molar-refractivity contribution in [1.29, 1.82) is 0 Å². The summed E-state index contributed by atoms with van der Waals surface area (Å²) in [5.41, 5.74) is 0. The fourth-order valence-electron chi connectivity index (χ4n) is 0.496. The van der Waals surface area contributed by atoms with E-state index in [0.717, 1.165) is 11.2 Å². The normalized spacial score (nSPS) is 27.8. The van der Waals surface area contributed by atoms with Crippen molar-refractivity contribution in [2.45, 2.75) is 13.0 Å². The maximum Gasteiger partial charge on any atom is 0.118 e. The molecule has 2 nitrogen and oxygen atoms in total. The highest BCUT2D eigenvalue weighted by Gasteiger charge is 2.00. The van der Waals surface area contributed by atoms with Gasteiger partial charge in [-0.15, -0.1) is 0 Å². The first kappa shape index (κ1) is 5.95. The third-order valence-electron chi connectivity index (χ3n) is 0.942. The fourth-order valence-corrected chi connectivity index (χ4v) is 0.759. The van der Waals surface area contributed by atoms with Gasteiger partial charge in [0.25, 0.3) is 0 Å². The van der Waals surface area contributed by atoms with Gasteiger partial charge in [0, 0.05) is 0 Å². The summed E-state index contributed by atoms with van der Waals surface area (Å²) in [6.45, 7) is 2.86. The monoisotopic (exact) mass is 174 g/mol. The Morgan fingerprint density at radius 3 is 3.00 bits per heavy atom. The van der Waals surface area contributed by atoms with Crippen molar-refractivity contribution in [3.05, 3.63) is 0 Å². The molecule has 1 rings (SSSR count). The molecule has 0 saturated heterocycles. The van der Waals surface area contributed by atoms with E-state index in [1.165, 1.54) is 0 Å². The summed E-state index contributed by atoms with van der Waals surface area (Å²) in [6.07, 6.45) is 1.74. The Hall–Kier alpha value is -0.180. The molecule has 0 aliphatic carbocycles. The zero-order valence-corrected chi connectivity index (χ0v) is 6.22. The Bertz CT molecular complexity index is 139. The molecule has 0 saturated carbocycles. The largest absolute Gasteiger partial charge is 0.285 e. The van der Waals surface area contributed by atoms with Crippen molar-refractivity contribution < 1.29 is 0 Å². The Morgan fingerprint density at radius 2 is 2.62 bits per heavy atom. The zero-order valence-electron chi connectivity index (χ0n) is 4.63. The van der Waals surface area contributed by atoms with E-state index in [1.807, 2.05) is 6.92 Å². The fraction of sp³-hybridized carbons (Fsp3) is 0.600. The Balaban J connectivity index is 2.58. The van der Waals surface area contributed by atoms with E-state index in [2.05, 4.69) is 25.9 Å². The van der Waals surface area contributed by atoms with E-state index in [4.69, 9.17) is 0 Å². The third kappa shape index (κ3) is 1.40. The molecule has 8 heavy (non-hydrogen) atoms. The van der Waals surface area contributed by atoms with Crippen LogP contribution in [0.1, 0.15) is 6.92 Å². The van der Waals surface area contributed by atoms with Crippen LogP contribution in [-0.2, 0) is 0 Å². The number of rotatable bonds is 0. The van der Waals surface area contributed by atoms with E-state index in [-0.39, 0.29) is 0 Å². The molecular formula is C5H7BrN2. The highest BCUT2D eigenvalue weighted by atomic mass is 79.9. The summed E-state index contributed by atoms with van der Waals surface area (Å²) < 4.78 is 0.857. The molecule has 1 aliphatic heterocycles. The van der Waals surface area contributed by atoms with Gasteiger partial charge in [0.05, 0.1) is 18.8 Å². The van der Waals surface area contributed by atoms with Crippen molar-refractivity contribution in [3.63, 3.8) is 0 Å². The van der Waals surface area contributed by atoms with Crippen LogP contribution in [0.4, 0.5) is 0 Å². The van der Waals surface area contributed by atoms with E-state index in [0.29, 0.717) is 6.04 Å². The average Bonchev–Trinajstić information content (AvgIpc) is 1.77. The molecule has 44 valence electrons. The van der Waals surface area contributed by atoms with Gasteiger partial charge >= 0.3 is 0 Å². The van der Waals surface area contributed by atoms with Crippen molar-refractivity contribution >= 4 is 26.8 Å². The first-order valence-electron chi connectivity index (χ1n) is 2.52. The van der Waals surface area contributed by atoms with Gasteiger partial charge in [-0.05, 0) is 22.9 Å². The van der Waals surface area contributed by atoms with Crippen LogP contribution >= 0.6 is 15.9 Å². The molecule has 1 unspecified atom stereocenters. The molecule has 1 heterocycles. The maximum atomic E-state index is 4.11. The van der Waals surface area contributed by atoms with Crippen molar-refractivity contribution in [2.24, 2.45) is 9.98 Å². The lowest BCUT2D eigenvalue weighted by Gasteiger charge is -2.05. The second-order valence-electron chi connectivity index (χ2n) is 1.79. The number of hydrogen-bond donors (Lipinski definition) is 0. The molecule has 1 atom stereocenters. The van der Waals surface area contributed by atoms with Gasteiger partial charge in [0.15, 0.2) is 0 Å². The van der Waals surface area contributed by atoms with Crippen molar-refractivity contribution in [3.8, 4) is 0 Å². The third-order valence-corrected chi connectivity index (χ3v) is 1.40. The van der Waals surface area contributed by atoms with Crippen molar-refractivity contribution in [2.75, 3.05) is 6.54 Å². The first-order chi connectivity index (χ1) is 3.79. The smallest absolute Gasteiger partial charge is 0.118 e. The van der Waals surface area contributed by atoms with Crippen LogP contribution in [0.5, 0.6) is 0 Å². The standard InChI is InChI=1S/C5H7BrN2/c1-4-2-8-5(6)3-7-4/h3-4H,2H2,1H3. The van der Waals surface area contributed by atoms with Gasteiger partial charge in [-0.1, -0.05) is 0 Å². The Morgan fingerprint density at radius 1 is 1.88 bits per heavy atom. The van der Waals surface area contributed by atoms with E-state index < -0.39 is 0 Å². The molecule has 0 fully saturated rings. The molecule has 0 bridgehead atoms. The SMILES string of the molecule is CC1CN=C(Br)C=N1. The zero-order chi connectivity index (χ0) is 5.98. The minimum Gasteiger partial charge on any atom is -0.285 e. The Labute approximate surface area is 56.9 Å². The van der Waals surface area contributed by atoms with Crippen LogP contribution < -0.4 is 0 Å². The molecule has 1 aliphatic rings. The molecule has 0 amide bonds. The molecule has 0 aromatic carbocycles. The van der Waals surface area contributed by atoms with Crippen LogP contribution in [0, 0.1) is 0 Å². The molecule has 0 aromatic rings. The van der Waals surface area contributed by atoms with Crippen LogP contribution in [0.2, 0.25) is 0 Å². The quantitative estimate of drug-likeness (QED) is 0.529. The summed E-state index contributed by atoms with van der Waals surface area (Å²) in [5, 5.41) is 0. The molecule has 0 spiro atoms. The highest BCUT2D eigenvalue weighted by Crippen LogP contribution is 1.98. The lowest BCUT2D eigenvalue weighted by Crippen LogP contribution is -2.10. The van der Waals surface area contributed by atoms with Gasteiger partial charge in [0.1, 0.15) is 4.62 Å². The van der Waals surface area contributed by atoms with Crippen LogP contribution in [0.3, 0.4) is 0 Å². The summed E-state index contributed by atoms with van der Waals surface area (Å²) in [6, 6.07) is 0.372. The Kier molecular flexibility index (Phi) is 1.78. The van der Waals surface area contributed by atoms with E-state index in [1.54, 1.807) is 6.21 Å². The molecule has 0 aromatic heterocycles. The first-order valence-corrected chi connectivity index (χ1v) is 3.31. The van der Waals surface area contributed by atoms with E-state index >= 15 is 0 Å². The highest BCUT2D eigenvalue weighted by molar-refractivity contribution is 9.19. The van der Waals surface area contributed by atoms with Gasteiger partial charge in [-0.3, -0.25) is 9.98 Å². The van der Waals surface area contributed by atoms with Gasteiger partial charge in [-0.25, -0.2) is 0 Å². The number of aliphatic imine (C=N–C) groups is 2. The van der Waals surface area contributed by atoms with Crippen LogP contribution in [0.15, 0.2) is 9.98 Å². The lowest BCUT2D eigenvalue weighted by atomic mass is 10.3. The predicted octanol–water partition coefficient (Wildman–Crippen LogP) is 1.25. The molecule has 3 heteroatoms. The maximum absolute atomic E-state index is 4.11. The summed E-state index contributed by atoms with van der Waals surface area (Å²) in [5.74, 6) is 0. The molecule has 0 radical (unpaired) electrons. The molecule has 0 N–H and O–H groups in total. The van der Waals surface area contributed by atoms with Crippen molar-refractivity contribution in [1.82, 2.24) is 0 Å². The minimum absolute atomic E-state index is 0.372. The topological polar surface area (TPSA) is 24.7 Å². The van der Waals surface area contributed by atoms with Gasteiger partial charge in [0.2, 0.25) is 0 Å². The second-order valence-corrected chi connectivity index (χ2v) is 2.60.